The van der Waals surface area contributed by atoms with Crippen LogP contribution < -0.4 is 11.0 Å². The Morgan fingerprint density at radius 2 is 1.92 bits per heavy atom. The molecule has 0 aliphatic rings. The second kappa shape index (κ2) is 6.03. The Bertz CT molecular complexity index is 1170. The van der Waals surface area contributed by atoms with Gasteiger partial charge in [-0.15, -0.1) is 0 Å². The van der Waals surface area contributed by atoms with Crippen LogP contribution in [0.5, 0.6) is 0 Å². The van der Waals surface area contributed by atoms with Gasteiger partial charge in [-0.25, -0.2) is 9.78 Å². The zero-order valence-electron chi connectivity index (χ0n) is 14.2. The van der Waals surface area contributed by atoms with Crippen LogP contribution in [0.1, 0.15) is 21.9 Å². The molecule has 4 rings (SSSR count). The minimum Gasteiger partial charge on any atom is -0.441 e. The van der Waals surface area contributed by atoms with Gasteiger partial charge in [0.05, 0.1) is 5.69 Å². The van der Waals surface area contributed by atoms with E-state index in [0.29, 0.717) is 28.4 Å². The molecular formula is C19H16N4O3. The van der Waals surface area contributed by atoms with Gasteiger partial charge in [0.15, 0.2) is 11.5 Å². The molecule has 2 N–H and O–H groups in total. The molecule has 0 bridgehead atoms. The fourth-order valence-electron chi connectivity index (χ4n) is 2.86. The summed E-state index contributed by atoms with van der Waals surface area (Å²) in [6.07, 6.45) is 1.64. The van der Waals surface area contributed by atoms with Crippen molar-refractivity contribution in [3.05, 3.63) is 76.3 Å². The number of oxazole rings is 1. The molecular weight excluding hydrogens is 332 g/mol. The molecule has 0 radical (unpaired) electrons. The van der Waals surface area contributed by atoms with Crippen molar-refractivity contribution in [1.29, 1.82) is 0 Å². The highest BCUT2D eigenvalue weighted by Gasteiger charge is 2.10. The molecule has 130 valence electrons. The Kier molecular flexibility index (Phi) is 3.69. The minimum absolute atomic E-state index is 0.213. The summed E-state index contributed by atoms with van der Waals surface area (Å²) in [6.45, 7) is 3.61. The number of carbonyl (C=O) groups excluding carboxylic acids is 1. The molecule has 26 heavy (non-hydrogen) atoms. The van der Waals surface area contributed by atoms with Crippen molar-refractivity contribution in [2.24, 2.45) is 0 Å². The van der Waals surface area contributed by atoms with E-state index in [4.69, 9.17) is 4.42 Å². The first-order valence-corrected chi connectivity index (χ1v) is 8.07. The number of carbonyl (C=O) groups is 1. The Morgan fingerprint density at radius 3 is 2.62 bits per heavy atom. The van der Waals surface area contributed by atoms with Gasteiger partial charge in [-0.3, -0.25) is 9.36 Å². The second-order valence-electron chi connectivity index (χ2n) is 5.99. The number of aromatic amines is 1. The molecule has 1 amide bonds. The van der Waals surface area contributed by atoms with E-state index in [9.17, 15) is 9.59 Å². The number of H-pyrrole nitrogens is 1. The second-order valence-corrected chi connectivity index (χ2v) is 5.99. The highest BCUT2D eigenvalue weighted by Crippen LogP contribution is 2.20. The molecule has 7 heteroatoms. The summed E-state index contributed by atoms with van der Waals surface area (Å²) in [6, 6.07) is 12.1. The lowest BCUT2D eigenvalue weighted by atomic mass is 10.2. The molecule has 0 aliphatic heterocycles. The van der Waals surface area contributed by atoms with Crippen LogP contribution in [0.3, 0.4) is 0 Å². The number of benzene rings is 2. The first-order valence-electron chi connectivity index (χ1n) is 8.07. The summed E-state index contributed by atoms with van der Waals surface area (Å²) in [5, 5.41) is 2.84. The Labute approximate surface area is 148 Å². The van der Waals surface area contributed by atoms with Crippen molar-refractivity contribution in [3.8, 4) is 5.69 Å². The van der Waals surface area contributed by atoms with E-state index in [1.165, 1.54) is 0 Å². The first-order chi connectivity index (χ1) is 12.5. The molecule has 0 saturated heterocycles. The number of nitrogens with one attached hydrogen (secondary N) is 2. The number of anilines is 1. The van der Waals surface area contributed by atoms with Crippen LogP contribution in [0.25, 0.3) is 16.8 Å². The molecule has 7 nitrogen and oxygen atoms in total. The Balaban J connectivity index is 1.56. The molecule has 2 heterocycles. The highest BCUT2D eigenvalue weighted by molar-refractivity contribution is 6.05. The molecule has 0 fully saturated rings. The third-order valence-electron chi connectivity index (χ3n) is 4.10. The van der Waals surface area contributed by atoms with Gasteiger partial charge < -0.3 is 14.7 Å². The maximum atomic E-state index is 12.5. The van der Waals surface area contributed by atoms with E-state index >= 15 is 0 Å². The molecule has 2 aromatic heterocycles. The summed E-state index contributed by atoms with van der Waals surface area (Å²) in [5.74, 6) is 0.333. The Morgan fingerprint density at radius 1 is 1.15 bits per heavy atom. The normalized spacial score (nSPS) is 11.0. The minimum atomic E-state index is -0.245. The average molecular weight is 348 g/mol. The van der Waals surface area contributed by atoms with Crippen molar-refractivity contribution in [2.75, 3.05) is 5.32 Å². The quantitative estimate of drug-likeness (QED) is 0.595. The van der Waals surface area contributed by atoms with Crippen LogP contribution in [0, 0.1) is 13.8 Å². The molecule has 4 aromatic rings. The third-order valence-corrected chi connectivity index (χ3v) is 4.10. The van der Waals surface area contributed by atoms with Crippen molar-refractivity contribution in [2.45, 2.75) is 13.8 Å². The third kappa shape index (κ3) is 2.79. The van der Waals surface area contributed by atoms with Crippen molar-refractivity contribution >= 4 is 22.7 Å². The lowest BCUT2D eigenvalue weighted by Crippen LogP contribution is -2.16. The van der Waals surface area contributed by atoms with E-state index in [2.05, 4.69) is 15.3 Å². The lowest BCUT2D eigenvalue weighted by molar-refractivity contribution is 0.102. The smallest absolute Gasteiger partial charge is 0.330 e. The first kappa shape index (κ1) is 15.9. The fraction of sp³-hybridized carbons (Fsp3) is 0.105. The number of amides is 1. The van der Waals surface area contributed by atoms with Gasteiger partial charge in [0.25, 0.3) is 5.91 Å². The highest BCUT2D eigenvalue weighted by atomic mass is 16.3. The SMILES string of the molecule is Cc1nc2ccc(NC(=O)c3ccc(-n4c(C)c[nH]c4=O)cc3)cc2o1. The molecule has 0 unspecified atom stereocenters. The van der Waals surface area contributed by atoms with Crippen molar-refractivity contribution in [3.63, 3.8) is 0 Å². The van der Waals surface area contributed by atoms with Crippen LogP contribution in [-0.2, 0) is 0 Å². The van der Waals surface area contributed by atoms with Crippen LogP contribution in [0.4, 0.5) is 5.69 Å². The lowest BCUT2D eigenvalue weighted by Gasteiger charge is -2.07. The topological polar surface area (TPSA) is 92.9 Å². The number of fused-ring (bicyclic) bond motifs is 1. The number of hydrogen-bond acceptors (Lipinski definition) is 4. The zero-order chi connectivity index (χ0) is 18.3. The van der Waals surface area contributed by atoms with Gasteiger partial charge in [-0.2, -0.15) is 0 Å². The fourth-order valence-corrected chi connectivity index (χ4v) is 2.86. The Hall–Kier alpha value is -3.61. The van der Waals surface area contributed by atoms with Gasteiger partial charge in [-0.1, -0.05) is 0 Å². The monoisotopic (exact) mass is 348 g/mol. The van der Waals surface area contributed by atoms with Crippen LogP contribution in [0.15, 0.2) is 57.9 Å². The van der Waals surface area contributed by atoms with Crippen molar-refractivity contribution in [1.82, 2.24) is 14.5 Å². The molecule has 0 saturated carbocycles. The maximum absolute atomic E-state index is 12.5. The number of hydrogen-bond donors (Lipinski definition) is 2. The van der Waals surface area contributed by atoms with Gasteiger partial charge in [0, 0.05) is 36.1 Å². The summed E-state index contributed by atoms with van der Waals surface area (Å²) < 4.78 is 7.02. The number of imidazole rings is 1. The summed E-state index contributed by atoms with van der Waals surface area (Å²) >= 11 is 0. The number of rotatable bonds is 3. The number of aromatic nitrogens is 3. The van der Waals surface area contributed by atoms with Crippen LogP contribution in [0.2, 0.25) is 0 Å². The van der Waals surface area contributed by atoms with Crippen LogP contribution >= 0.6 is 0 Å². The average Bonchev–Trinajstić information content (AvgIpc) is 3.15. The predicted molar refractivity (Wildman–Crippen MR) is 97.8 cm³/mol. The van der Waals surface area contributed by atoms with Gasteiger partial charge in [0.1, 0.15) is 5.52 Å². The predicted octanol–water partition coefficient (Wildman–Crippen LogP) is 3.18. The van der Waals surface area contributed by atoms with E-state index in [1.54, 1.807) is 60.2 Å². The molecule has 0 aliphatic carbocycles. The van der Waals surface area contributed by atoms with Gasteiger partial charge in [0.2, 0.25) is 0 Å². The molecule has 2 aromatic carbocycles. The number of nitrogens with zero attached hydrogens (tertiary/aromatic N) is 2. The van der Waals surface area contributed by atoms with Gasteiger partial charge in [-0.05, 0) is 43.3 Å². The molecule has 0 spiro atoms. The standard InChI is InChI=1S/C19H16N4O3/c1-11-10-20-19(25)23(11)15-6-3-13(4-7-15)18(24)22-14-5-8-16-17(9-14)26-12(2)21-16/h3-10H,1-2H3,(H,20,25)(H,22,24). The van der Waals surface area contributed by atoms with Crippen LogP contribution in [-0.4, -0.2) is 20.4 Å². The van der Waals surface area contributed by atoms with E-state index in [0.717, 1.165) is 11.2 Å². The van der Waals surface area contributed by atoms with Gasteiger partial charge >= 0.3 is 5.69 Å². The van der Waals surface area contributed by atoms with E-state index < -0.39 is 0 Å². The molecule has 0 atom stereocenters. The summed E-state index contributed by atoms with van der Waals surface area (Å²) in [5.41, 5.74) is 3.77. The maximum Gasteiger partial charge on any atom is 0.330 e. The zero-order valence-corrected chi connectivity index (χ0v) is 14.2. The van der Waals surface area contributed by atoms with E-state index in [-0.39, 0.29) is 11.6 Å². The van der Waals surface area contributed by atoms with Crippen molar-refractivity contribution < 1.29 is 9.21 Å². The summed E-state index contributed by atoms with van der Waals surface area (Å²) in [4.78, 5) is 31.1. The van der Waals surface area contributed by atoms with E-state index in [1.807, 2.05) is 6.92 Å². The number of aryl methyl sites for hydroxylation is 2. The summed E-state index contributed by atoms with van der Waals surface area (Å²) in [7, 11) is 0. The largest absolute Gasteiger partial charge is 0.441 e.